The van der Waals surface area contributed by atoms with Gasteiger partial charge in [0.25, 0.3) is 0 Å². The van der Waals surface area contributed by atoms with Crippen molar-refractivity contribution in [3.63, 3.8) is 0 Å². The van der Waals surface area contributed by atoms with E-state index in [0.29, 0.717) is 5.92 Å². The van der Waals surface area contributed by atoms with Crippen molar-refractivity contribution in [3.05, 3.63) is 12.2 Å². The van der Waals surface area contributed by atoms with Gasteiger partial charge in [0.2, 0.25) is 0 Å². The molecule has 1 N–H and O–H groups in total. The van der Waals surface area contributed by atoms with Crippen molar-refractivity contribution in [1.82, 2.24) is 0 Å². The summed E-state index contributed by atoms with van der Waals surface area (Å²) in [5.74, 6) is 0.341. The van der Waals surface area contributed by atoms with E-state index < -0.39 is 0 Å². The molecule has 0 aromatic heterocycles. The van der Waals surface area contributed by atoms with E-state index in [0.717, 1.165) is 12.8 Å². The zero-order valence-corrected chi connectivity index (χ0v) is 7.17. The van der Waals surface area contributed by atoms with Crippen LogP contribution in [0.1, 0.15) is 33.6 Å². The van der Waals surface area contributed by atoms with Gasteiger partial charge in [-0.1, -0.05) is 39.3 Å². The summed E-state index contributed by atoms with van der Waals surface area (Å²) in [6.45, 7) is 6.16. The smallest absolute Gasteiger partial charge is 0.0743 e. The lowest BCUT2D eigenvalue weighted by molar-refractivity contribution is 0.172. The van der Waals surface area contributed by atoms with Crippen LogP contribution in [0.5, 0.6) is 0 Å². The maximum Gasteiger partial charge on any atom is 0.0743 e. The lowest BCUT2D eigenvalue weighted by Crippen LogP contribution is -2.10. The molecular formula is C9H18O. The quantitative estimate of drug-likeness (QED) is 0.597. The Labute approximate surface area is 63.8 Å². The van der Waals surface area contributed by atoms with Gasteiger partial charge in [-0.25, -0.2) is 0 Å². The molecule has 0 saturated carbocycles. The van der Waals surface area contributed by atoms with Crippen LogP contribution in [-0.4, -0.2) is 11.2 Å². The molecule has 0 aromatic rings. The average Bonchev–Trinajstić information content (AvgIpc) is 1.88. The standard InChI is InChI=1S/C9H18O/c1-4-5-6-7-9(10)8(2)3/h6-10H,4-5H2,1-3H3/b7-6-. The summed E-state index contributed by atoms with van der Waals surface area (Å²) in [5.41, 5.74) is 0. The molecule has 0 radical (unpaired) electrons. The predicted molar refractivity (Wildman–Crippen MR) is 44.9 cm³/mol. The third-order valence-corrected chi connectivity index (χ3v) is 1.47. The highest BCUT2D eigenvalue weighted by atomic mass is 16.3. The summed E-state index contributed by atoms with van der Waals surface area (Å²) < 4.78 is 0. The van der Waals surface area contributed by atoms with Crippen LogP contribution in [0.25, 0.3) is 0 Å². The molecule has 1 atom stereocenters. The molecule has 0 aromatic carbocycles. The number of aliphatic hydroxyl groups excluding tert-OH is 1. The van der Waals surface area contributed by atoms with Gasteiger partial charge in [0.1, 0.15) is 0 Å². The fraction of sp³-hybridized carbons (Fsp3) is 0.778. The van der Waals surface area contributed by atoms with Crippen molar-refractivity contribution >= 4 is 0 Å². The van der Waals surface area contributed by atoms with E-state index in [4.69, 9.17) is 0 Å². The first-order chi connectivity index (χ1) is 4.68. The van der Waals surface area contributed by atoms with Crippen LogP contribution < -0.4 is 0 Å². The Bertz CT molecular complexity index is 94.9. The van der Waals surface area contributed by atoms with Crippen LogP contribution in [0.3, 0.4) is 0 Å². The molecule has 0 spiro atoms. The number of allylic oxidation sites excluding steroid dienone is 1. The zero-order chi connectivity index (χ0) is 7.98. The van der Waals surface area contributed by atoms with E-state index in [1.54, 1.807) is 0 Å². The molecule has 0 amide bonds. The summed E-state index contributed by atoms with van der Waals surface area (Å²) in [6.07, 6.45) is 5.90. The van der Waals surface area contributed by atoms with E-state index >= 15 is 0 Å². The Hall–Kier alpha value is -0.300. The molecule has 0 saturated heterocycles. The Morgan fingerprint density at radius 3 is 2.40 bits per heavy atom. The highest BCUT2D eigenvalue weighted by Crippen LogP contribution is 2.02. The molecule has 0 bridgehead atoms. The molecule has 1 unspecified atom stereocenters. The second-order valence-electron chi connectivity index (χ2n) is 2.95. The predicted octanol–water partition coefficient (Wildman–Crippen LogP) is 2.36. The van der Waals surface area contributed by atoms with Crippen LogP contribution in [-0.2, 0) is 0 Å². The molecule has 0 aliphatic rings. The fourth-order valence-corrected chi connectivity index (χ4v) is 0.625. The second kappa shape index (κ2) is 5.48. The summed E-state index contributed by atoms with van der Waals surface area (Å²) in [5, 5.41) is 9.27. The molecular weight excluding hydrogens is 124 g/mol. The number of rotatable bonds is 4. The summed E-state index contributed by atoms with van der Waals surface area (Å²) in [7, 11) is 0. The monoisotopic (exact) mass is 142 g/mol. The van der Waals surface area contributed by atoms with Gasteiger partial charge in [-0.05, 0) is 12.3 Å². The van der Waals surface area contributed by atoms with Crippen LogP contribution in [0.2, 0.25) is 0 Å². The molecule has 60 valence electrons. The van der Waals surface area contributed by atoms with E-state index in [1.807, 2.05) is 26.0 Å². The molecule has 1 nitrogen and oxygen atoms in total. The summed E-state index contributed by atoms with van der Waals surface area (Å²) >= 11 is 0. The minimum absolute atomic E-state index is 0.258. The van der Waals surface area contributed by atoms with Crippen molar-refractivity contribution in [2.75, 3.05) is 0 Å². The largest absolute Gasteiger partial charge is 0.389 e. The SMILES string of the molecule is CCC/C=C\C(O)C(C)C. The normalized spacial score (nSPS) is 14.9. The highest BCUT2D eigenvalue weighted by molar-refractivity contribution is 4.89. The topological polar surface area (TPSA) is 20.2 Å². The lowest BCUT2D eigenvalue weighted by Gasteiger charge is -2.07. The maximum absolute atomic E-state index is 9.27. The van der Waals surface area contributed by atoms with Gasteiger partial charge in [-0.2, -0.15) is 0 Å². The van der Waals surface area contributed by atoms with E-state index in [-0.39, 0.29) is 6.10 Å². The Balaban J connectivity index is 3.45. The molecule has 0 fully saturated rings. The third kappa shape index (κ3) is 4.57. The molecule has 0 heterocycles. The van der Waals surface area contributed by atoms with E-state index in [2.05, 4.69) is 6.92 Å². The summed E-state index contributed by atoms with van der Waals surface area (Å²) in [6, 6.07) is 0. The maximum atomic E-state index is 9.27. The van der Waals surface area contributed by atoms with Crippen molar-refractivity contribution in [1.29, 1.82) is 0 Å². The Morgan fingerprint density at radius 1 is 1.40 bits per heavy atom. The first kappa shape index (κ1) is 9.70. The van der Waals surface area contributed by atoms with Crippen molar-refractivity contribution in [2.24, 2.45) is 5.92 Å². The Morgan fingerprint density at radius 2 is 2.00 bits per heavy atom. The number of hydrogen-bond acceptors (Lipinski definition) is 1. The van der Waals surface area contributed by atoms with Gasteiger partial charge in [-0.15, -0.1) is 0 Å². The van der Waals surface area contributed by atoms with E-state index in [9.17, 15) is 5.11 Å². The van der Waals surface area contributed by atoms with Crippen molar-refractivity contribution < 1.29 is 5.11 Å². The highest BCUT2D eigenvalue weighted by Gasteiger charge is 2.02. The van der Waals surface area contributed by atoms with Crippen molar-refractivity contribution in [3.8, 4) is 0 Å². The van der Waals surface area contributed by atoms with Crippen LogP contribution >= 0.6 is 0 Å². The molecule has 0 aliphatic carbocycles. The van der Waals surface area contributed by atoms with Gasteiger partial charge in [0.05, 0.1) is 6.10 Å². The van der Waals surface area contributed by atoms with Crippen LogP contribution in [0, 0.1) is 5.92 Å². The van der Waals surface area contributed by atoms with Gasteiger partial charge in [0.15, 0.2) is 0 Å². The zero-order valence-electron chi connectivity index (χ0n) is 7.17. The number of hydrogen-bond donors (Lipinski definition) is 1. The lowest BCUT2D eigenvalue weighted by atomic mass is 10.1. The van der Waals surface area contributed by atoms with Gasteiger partial charge in [0, 0.05) is 0 Å². The van der Waals surface area contributed by atoms with Crippen LogP contribution in [0.15, 0.2) is 12.2 Å². The minimum Gasteiger partial charge on any atom is -0.389 e. The number of unbranched alkanes of at least 4 members (excludes halogenated alkanes) is 1. The summed E-state index contributed by atoms with van der Waals surface area (Å²) in [4.78, 5) is 0. The van der Waals surface area contributed by atoms with Crippen molar-refractivity contribution in [2.45, 2.75) is 39.7 Å². The third-order valence-electron chi connectivity index (χ3n) is 1.47. The van der Waals surface area contributed by atoms with Gasteiger partial charge < -0.3 is 5.11 Å². The molecule has 1 heteroatoms. The van der Waals surface area contributed by atoms with Gasteiger partial charge >= 0.3 is 0 Å². The molecule has 0 rings (SSSR count). The first-order valence-electron chi connectivity index (χ1n) is 4.03. The molecule has 0 aliphatic heterocycles. The van der Waals surface area contributed by atoms with Crippen LogP contribution in [0.4, 0.5) is 0 Å². The van der Waals surface area contributed by atoms with Gasteiger partial charge in [-0.3, -0.25) is 0 Å². The molecule has 10 heavy (non-hydrogen) atoms. The second-order valence-corrected chi connectivity index (χ2v) is 2.95. The first-order valence-corrected chi connectivity index (χ1v) is 4.03. The minimum atomic E-state index is -0.258. The fourth-order valence-electron chi connectivity index (χ4n) is 0.625. The number of aliphatic hydroxyl groups is 1. The Kier molecular flexibility index (Phi) is 5.32. The van der Waals surface area contributed by atoms with E-state index in [1.165, 1.54) is 0 Å². The average molecular weight is 142 g/mol.